The number of rotatable bonds is 5. The molecule has 0 saturated carbocycles. The minimum atomic E-state index is -4.22. The van der Waals surface area contributed by atoms with Gasteiger partial charge in [0.1, 0.15) is 29.8 Å². The van der Waals surface area contributed by atoms with Crippen molar-refractivity contribution in [2.75, 3.05) is 37.2 Å². The zero-order valence-electron chi connectivity index (χ0n) is 15.1. The summed E-state index contributed by atoms with van der Waals surface area (Å²) in [5.74, 6) is -1.54. The van der Waals surface area contributed by atoms with E-state index in [1.165, 1.54) is 6.07 Å². The van der Waals surface area contributed by atoms with Gasteiger partial charge in [0, 0.05) is 37.8 Å². The van der Waals surface area contributed by atoms with E-state index >= 15 is 4.39 Å². The minimum absolute atomic E-state index is 0.187. The Morgan fingerprint density at radius 3 is 2.75 bits per heavy atom. The number of amides is 1. The highest BCUT2D eigenvalue weighted by molar-refractivity contribution is 7.92. The Labute approximate surface area is 162 Å². The third kappa shape index (κ3) is 3.61. The van der Waals surface area contributed by atoms with E-state index in [-0.39, 0.29) is 23.8 Å². The number of fused-ring (bicyclic) bond motifs is 1. The van der Waals surface area contributed by atoms with E-state index in [4.69, 9.17) is 9.47 Å². The second kappa shape index (κ2) is 7.37. The van der Waals surface area contributed by atoms with Gasteiger partial charge in [0.25, 0.3) is 5.91 Å². The number of phenols is 1. The second-order valence-corrected chi connectivity index (χ2v) is 8.82. The van der Waals surface area contributed by atoms with E-state index in [1.54, 1.807) is 4.72 Å². The third-order valence-electron chi connectivity index (χ3n) is 5.22. The van der Waals surface area contributed by atoms with Gasteiger partial charge in [-0.05, 0) is 25.3 Å². The number of nitrogens with one attached hydrogen (secondary N) is 2. The fourth-order valence-electron chi connectivity index (χ4n) is 3.78. The molecule has 4 rings (SSSR count). The molecule has 11 heteroatoms. The fraction of sp³-hybridized carbons (Fsp3) is 0.588. The first-order valence-corrected chi connectivity index (χ1v) is 10.6. The molecule has 154 valence electrons. The largest absolute Gasteiger partial charge is 0.505 e. The van der Waals surface area contributed by atoms with Gasteiger partial charge in [0.2, 0.25) is 0 Å². The normalized spacial score (nSPS) is 24.1. The number of anilines is 1. The van der Waals surface area contributed by atoms with Gasteiger partial charge in [-0.1, -0.05) is 0 Å². The van der Waals surface area contributed by atoms with Gasteiger partial charge in [-0.25, -0.2) is 13.4 Å². The molecule has 1 aromatic rings. The monoisotopic (exact) mass is 415 g/mol. The van der Waals surface area contributed by atoms with Crippen LogP contribution in [0, 0.1) is 11.7 Å². The lowest BCUT2D eigenvalue weighted by Crippen LogP contribution is -2.35. The third-order valence-corrected chi connectivity index (χ3v) is 6.60. The second-order valence-electron chi connectivity index (χ2n) is 7.23. The molecule has 1 atom stereocenters. The van der Waals surface area contributed by atoms with Crippen molar-refractivity contribution in [3.8, 4) is 11.5 Å². The average Bonchev–Trinajstić information content (AvgIpc) is 3.15. The molecule has 0 aromatic heterocycles. The van der Waals surface area contributed by atoms with Gasteiger partial charge in [-0.2, -0.15) is 8.42 Å². The molecule has 28 heavy (non-hydrogen) atoms. The molecule has 0 spiro atoms. The lowest BCUT2D eigenvalue weighted by atomic mass is 10.0. The van der Waals surface area contributed by atoms with Crippen LogP contribution >= 0.6 is 0 Å². The summed E-state index contributed by atoms with van der Waals surface area (Å²) in [7, 11) is -4.22. The van der Waals surface area contributed by atoms with Gasteiger partial charge in [0.15, 0.2) is 5.82 Å². The molecule has 1 aromatic carbocycles. The maximum atomic E-state index is 15.0. The molecule has 3 aliphatic rings. The Balaban J connectivity index is 1.46. The first kappa shape index (κ1) is 19.2. The number of nitrogens with zero attached hydrogens (tertiary/aromatic N) is 1. The fourth-order valence-corrected chi connectivity index (χ4v) is 4.95. The highest BCUT2D eigenvalue weighted by atomic mass is 32.2. The first-order chi connectivity index (χ1) is 13.3. The van der Waals surface area contributed by atoms with Crippen LogP contribution in [0.25, 0.3) is 0 Å². The lowest BCUT2D eigenvalue weighted by molar-refractivity contribution is -0.117. The smallest absolute Gasteiger partial charge is 0.326 e. The molecule has 2 fully saturated rings. The molecular weight excluding hydrogens is 393 g/mol. The topological polar surface area (TPSA) is 117 Å². The number of benzene rings is 1. The molecule has 0 bridgehead atoms. The minimum Gasteiger partial charge on any atom is -0.505 e. The van der Waals surface area contributed by atoms with E-state index in [2.05, 4.69) is 5.32 Å². The van der Waals surface area contributed by atoms with Gasteiger partial charge in [-0.15, -0.1) is 0 Å². The number of carbonyl (C=O) groups is 1. The van der Waals surface area contributed by atoms with Crippen LogP contribution < -0.4 is 19.1 Å². The van der Waals surface area contributed by atoms with Crippen molar-refractivity contribution >= 4 is 21.8 Å². The summed E-state index contributed by atoms with van der Waals surface area (Å²) in [5, 5.41) is 13.5. The van der Waals surface area contributed by atoms with Crippen molar-refractivity contribution in [2.24, 2.45) is 5.92 Å². The Hall–Kier alpha value is -2.11. The SMILES string of the molecule is O=C1CN(c2c(O)cc3c(c2F)C[C@H](CNCC2CCOCC2)O3)S(=O)(=O)N1. The zero-order chi connectivity index (χ0) is 19.9. The summed E-state index contributed by atoms with van der Waals surface area (Å²) in [6, 6.07) is 1.20. The zero-order valence-corrected chi connectivity index (χ0v) is 15.9. The predicted octanol–water partition coefficient (Wildman–Crippen LogP) is 0.0320. The lowest BCUT2D eigenvalue weighted by Gasteiger charge is -2.23. The number of hydrogen-bond acceptors (Lipinski definition) is 7. The molecule has 2 saturated heterocycles. The molecule has 3 N–H and O–H groups in total. The molecule has 9 nitrogen and oxygen atoms in total. The predicted molar refractivity (Wildman–Crippen MR) is 97.0 cm³/mol. The average molecular weight is 415 g/mol. The van der Waals surface area contributed by atoms with Crippen LogP contribution in [0.4, 0.5) is 10.1 Å². The van der Waals surface area contributed by atoms with Crippen LogP contribution in [0.1, 0.15) is 18.4 Å². The number of aromatic hydroxyl groups is 1. The summed E-state index contributed by atoms with van der Waals surface area (Å²) >= 11 is 0. The van der Waals surface area contributed by atoms with Crippen molar-refractivity contribution in [3.05, 3.63) is 17.4 Å². The number of phenolic OH excluding ortho intramolecular Hbond substituents is 1. The van der Waals surface area contributed by atoms with E-state index in [9.17, 15) is 18.3 Å². The van der Waals surface area contributed by atoms with Gasteiger partial charge >= 0.3 is 10.2 Å². The molecule has 3 aliphatic heterocycles. The summed E-state index contributed by atoms with van der Waals surface area (Å²) < 4.78 is 52.4. The van der Waals surface area contributed by atoms with E-state index in [0.29, 0.717) is 16.8 Å². The molecule has 3 heterocycles. The number of ether oxygens (including phenoxy) is 2. The molecule has 0 unspecified atom stereocenters. The van der Waals surface area contributed by atoms with Crippen molar-refractivity contribution in [2.45, 2.75) is 25.4 Å². The van der Waals surface area contributed by atoms with Gasteiger partial charge in [-0.3, -0.25) is 4.79 Å². The molecule has 1 amide bonds. The van der Waals surface area contributed by atoms with E-state index in [0.717, 1.165) is 32.6 Å². The standard InChI is InChI=1S/C17H22FN3O6S/c18-16-12-5-11(8-19-7-10-1-3-26-4-2-10)27-14(12)6-13(22)17(16)21-9-15(23)20-28(21,24)25/h6,10-11,19,22H,1-5,7-9H2,(H,20,23)/t11-/m1/s1. The van der Waals surface area contributed by atoms with Gasteiger partial charge < -0.3 is 19.9 Å². The van der Waals surface area contributed by atoms with Crippen LogP contribution in [0.2, 0.25) is 0 Å². The van der Waals surface area contributed by atoms with Crippen LogP contribution in [-0.4, -0.2) is 58.4 Å². The maximum absolute atomic E-state index is 15.0. The van der Waals surface area contributed by atoms with Crippen LogP contribution in [0.15, 0.2) is 6.07 Å². The molecular formula is C17H22FN3O6S. The maximum Gasteiger partial charge on any atom is 0.326 e. The summed E-state index contributed by atoms with van der Waals surface area (Å²) in [6.45, 7) is 2.27. The Bertz CT molecular complexity index is 887. The Morgan fingerprint density at radius 1 is 1.32 bits per heavy atom. The highest BCUT2D eigenvalue weighted by Crippen LogP contribution is 2.43. The Kier molecular flexibility index (Phi) is 5.06. The molecule has 0 radical (unpaired) electrons. The number of hydrogen-bond donors (Lipinski definition) is 3. The van der Waals surface area contributed by atoms with Crippen LogP contribution in [-0.2, 0) is 26.2 Å². The van der Waals surface area contributed by atoms with E-state index < -0.39 is 39.9 Å². The van der Waals surface area contributed by atoms with Crippen LogP contribution in [0.3, 0.4) is 0 Å². The highest BCUT2D eigenvalue weighted by Gasteiger charge is 2.40. The first-order valence-electron chi connectivity index (χ1n) is 9.18. The summed E-state index contributed by atoms with van der Waals surface area (Å²) in [6.07, 6.45) is 1.92. The quantitative estimate of drug-likeness (QED) is 0.621. The number of halogens is 1. The summed E-state index contributed by atoms with van der Waals surface area (Å²) in [4.78, 5) is 11.4. The van der Waals surface area contributed by atoms with Crippen molar-refractivity contribution in [3.63, 3.8) is 0 Å². The van der Waals surface area contributed by atoms with Crippen LogP contribution in [0.5, 0.6) is 11.5 Å². The van der Waals surface area contributed by atoms with E-state index in [1.807, 2.05) is 0 Å². The number of carbonyl (C=O) groups excluding carboxylic acids is 1. The molecule has 0 aliphatic carbocycles. The van der Waals surface area contributed by atoms with Crippen molar-refractivity contribution in [1.82, 2.24) is 10.0 Å². The summed E-state index contributed by atoms with van der Waals surface area (Å²) in [5.41, 5.74) is -0.336. The van der Waals surface area contributed by atoms with Crippen molar-refractivity contribution < 1.29 is 32.2 Å². The Morgan fingerprint density at radius 2 is 2.07 bits per heavy atom. The van der Waals surface area contributed by atoms with Crippen molar-refractivity contribution in [1.29, 1.82) is 0 Å². The van der Waals surface area contributed by atoms with Gasteiger partial charge in [0.05, 0.1) is 0 Å².